The Morgan fingerprint density at radius 1 is 1.10 bits per heavy atom. The van der Waals surface area contributed by atoms with Gasteiger partial charge in [0.15, 0.2) is 11.5 Å². The Morgan fingerprint density at radius 2 is 1.85 bits per heavy atom. The third-order valence-electron chi connectivity index (χ3n) is 2.79. The molecule has 1 aromatic carbocycles. The third-order valence-corrected chi connectivity index (χ3v) is 2.79. The molecular formula is C15H16N2O3. The van der Waals surface area contributed by atoms with Crippen molar-refractivity contribution in [1.29, 1.82) is 0 Å². The Balaban J connectivity index is 2.19. The zero-order valence-electron chi connectivity index (χ0n) is 11.6. The number of benzene rings is 1. The second kappa shape index (κ2) is 6.06. The molecule has 1 amide bonds. The van der Waals surface area contributed by atoms with Crippen LogP contribution >= 0.6 is 0 Å². The molecule has 0 fully saturated rings. The van der Waals surface area contributed by atoms with Gasteiger partial charge in [0.2, 0.25) is 0 Å². The monoisotopic (exact) mass is 272 g/mol. The highest BCUT2D eigenvalue weighted by atomic mass is 16.5. The molecule has 0 aliphatic heterocycles. The van der Waals surface area contributed by atoms with Crippen molar-refractivity contribution in [3.8, 4) is 11.5 Å². The highest BCUT2D eigenvalue weighted by Gasteiger charge is 2.10. The molecule has 0 bridgehead atoms. The maximum atomic E-state index is 12.1. The van der Waals surface area contributed by atoms with Gasteiger partial charge in [-0.3, -0.25) is 9.78 Å². The van der Waals surface area contributed by atoms with Crippen molar-refractivity contribution in [2.24, 2.45) is 0 Å². The largest absolute Gasteiger partial charge is 0.493 e. The quantitative estimate of drug-likeness (QED) is 0.929. The summed E-state index contributed by atoms with van der Waals surface area (Å²) in [5.74, 6) is 0.905. The molecule has 2 aromatic rings. The van der Waals surface area contributed by atoms with Gasteiger partial charge >= 0.3 is 0 Å². The van der Waals surface area contributed by atoms with Crippen molar-refractivity contribution in [2.75, 3.05) is 19.5 Å². The lowest BCUT2D eigenvalue weighted by atomic mass is 10.2. The molecule has 0 aliphatic rings. The van der Waals surface area contributed by atoms with E-state index in [2.05, 4.69) is 10.3 Å². The molecule has 5 heteroatoms. The number of aryl methyl sites for hydroxylation is 1. The summed E-state index contributed by atoms with van der Waals surface area (Å²) >= 11 is 0. The van der Waals surface area contributed by atoms with E-state index in [0.29, 0.717) is 22.9 Å². The smallest absolute Gasteiger partial charge is 0.274 e. The van der Waals surface area contributed by atoms with Crippen LogP contribution in [-0.4, -0.2) is 25.1 Å². The number of ether oxygens (including phenoxy) is 2. The standard InChI is InChI=1S/C15H16N2O3/c1-10-6-7-16-12(8-10)15(18)17-11-4-5-13(19-2)14(9-11)20-3/h4-9H,1-3H3,(H,17,18). The number of pyridine rings is 1. The minimum atomic E-state index is -0.263. The van der Waals surface area contributed by atoms with Crippen molar-refractivity contribution < 1.29 is 14.3 Å². The Morgan fingerprint density at radius 3 is 2.50 bits per heavy atom. The minimum absolute atomic E-state index is 0.263. The topological polar surface area (TPSA) is 60.5 Å². The van der Waals surface area contributed by atoms with E-state index < -0.39 is 0 Å². The van der Waals surface area contributed by atoms with Crippen LogP contribution < -0.4 is 14.8 Å². The summed E-state index contributed by atoms with van der Waals surface area (Å²) in [6.45, 7) is 1.91. The van der Waals surface area contributed by atoms with E-state index in [1.807, 2.05) is 13.0 Å². The van der Waals surface area contributed by atoms with E-state index in [-0.39, 0.29) is 5.91 Å². The van der Waals surface area contributed by atoms with Gasteiger partial charge < -0.3 is 14.8 Å². The fourth-order valence-electron chi connectivity index (χ4n) is 1.77. The molecule has 104 valence electrons. The van der Waals surface area contributed by atoms with Crippen molar-refractivity contribution in [3.63, 3.8) is 0 Å². The average molecular weight is 272 g/mol. The summed E-state index contributed by atoms with van der Waals surface area (Å²) in [6.07, 6.45) is 1.61. The number of nitrogens with one attached hydrogen (secondary N) is 1. The van der Waals surface area contributed by atoms with Gasteiger partial charge in [-0.25, -0.2) is 0 Å². The molecule has 1 aromatic heterocycles. The van der Waals surface area contributed by atoms with Crippen LogP contribution in [0, 0.1) is 6.92 Å². The lowest BCUT2D eigenvalue weighted by Crippen LogP contribution is -2.13. The predicted molar refractivity (Wildman–Crippen MR) is 76.5 cm³/mol. The summed E-state index contributed by atoms with van der Waals surface area (Å²) < 4.78 is 10.3. The van der Waals surface area contributed by atoms with Crippen molar-refractivity contribution in [2.45, 2.75) is 6.92 Å². The van der Waals surface area contributed by atoms with Crippen LogP contribution in [0.15, 0.2) is 36.5 Å². The molecule has 20 heavy (non-hydrogen) atoms. The van der Waals surface area contributed by atoms with Gasteiger partial charge in [-0.2, -0.15) is 0 Å². The Kier molecular flexibility index (Phi) is 4.20. The van der Waals surface area contributed by atoms with Gasteiger partial charge in [0.25, 0.3) is 5.91 Å². The molecule has 2 rings (SSSR count). The third kappa shape index (κ3) is 3.06. The number of carbonyl (C=O) groups is 1. The van der Waals surface area contributed by atoms with E-state index in [4.69, 9.17) is 9.47 Å². The number of carbonyl (C=O) groups excluding carboxylic acids is 1. The molecule has 0 saturated heterocycles. The van der Waals surface area contributed by atoms with Crippen LogP contribution in [0.3, 0.4) is 0 Å². The van der Waals surface area contributed by atoms with E-state index in [1.54, 1.807) is 44.7 Å². The first-order valence-corrected chi connectivity index (χ1v) is 6.10. The minimum Gasteiger partial charge on any atom is -0.493 e. The molecule has 1 heterocycles. The van der Waals surface area contributed by atoms with E-state index in [0.717, 1.165) is 5.56 Å². The van der Waals surface area contributed by atoms with Gasteiger partial charge in [0.05, 0.1) is 14.2 Å². The van der Waals surface area contributed by atoms with Crippen molar-refractivity contribution in [3.05, 3.63) is 47.8 Å². The number of methoxy groups -OCH3 is 2. The highest BCUT2D eigenvalue weighted by molar-refractivity contribution is 6.03. The van der Waals surface area contributed by atoms with Gasteiger partial charge in [-0.05, 0) is 36.8 Å². The number of amides is 1. The lowest BCUT2D eigenvalue weighted by Gasteiger charge is -2.10. The maximum Gasteiger partial charge on any atom is 0.274 e. The van der Waals surface area contributed by atoms with Crippen LogP contribution in [0.1, 0.15) is 16.1 Å². The normalized spacial score (nSPS) is 9.95. The zero-order chi connectivity index (χ0) is 14.5. The predicted octanol–water partition coefficient (Wildman–Crippen LogP) is 2.66. The van der Waals surface area contributed by atoms with Crippen LogP contribution in [0.2, 0.25) is 0 Å². The fourth-order valence-corrected chi connectivity index (χ4v) is 1.77. The SMILES string of the molecule is COc1ccc(NC(=O)c2cc(C)ccn2)cc1OC. The molecule has 1 N–H and O–H groups in total. The van der Waals surface area contributed by atoms with Gasteiger partial charge in [-0.15, -0.1) is 0 Å². The summed E-state index contributed by atoms with van der Waals surface area (Å²) in [7, 11) is 3.11. The summed E-state index contributed by atoms with van der Waals surface area (Å²) in [4.78, 5) is 16.1. The Bertz CT molecular complexity index is 626. The number of hydrogen-bond acceptors (Lipinski definition) is 4. The van der Waals surface area contributed by atoms with Crippen molar-refractivity contribution in [1.82, 2.24) is 4.98 Å². The summed E-state index contributed by atoms with van der Waals surface area (Å²) in [6, 6.07) is 8.75. The Labute approximate surface area is 117 Å². The first kappa shape index (κ1) is 13.9. The molecule has 0 radical (unpaired) electrons. The zero-order valence-corrected chi connectivity index (χ0v) is 11.6. The molecule has 0 spiro atoms. The van der Waals surface area contributed by atoms with E-state index in [9.17, 15) is 4.79 Å². The van der Waals surface area contributed by atoms with Crippen LogP contribution in [0.5, 0.6) is 11.5 Å². The summed E-state index contributed by atoms with van der Waals surface area (Å²) in [5, 5.41) is 2.77. The number of anilines is 1. The summed E-state index contributed by atoms with van der Waals surface area (Å²) in [5.41, 5.74) is 1.98. The highest BCUT2D eigenvalue weighted by Crippen LogP contribution is 2.29. The van der Waals surface area contributed by atoms with Crippen molar-refractivity contribution >= 4 is 11.6 Å². The Hall–Kier alpha value is -2.56. The van der Waals surface area contributed by atoms with E-state index >= 15 is 0 Å². The fraction of sp³-hybridized carbons (Fsp3) is 0.200. The molecular weight excluding hydrogens is 256 g/mol. The molecule has 5 nitrogen and oxygen atoms in total. The van der Waals surface area contributed by atoms with Gasteiger partial charge in [-0.1, -0.05) is 0 Å². The van der Waals surface area contributed by atoms with Gasteiger partial charge in [0.1, 0.15) is 5.69 Å². The second-order valence-corrected chi connectivity index (χ2v) is 4.24. The van der Waals surface area contributed by atoms with E-state index in [1.165, 1.54) is 0 Å². The number of hydrogen-bond donors (Lipinski definition) is 1. The van der Waals surface area contributed by atoms with Crippen LogP contribution in [0.4, 0.5) is 5.69 Å². The maximum absolute atomic E-state index is 12.1. The molecule has 0 saturated carbocycles. The second-order valence-electron chi connectivity index (χ2n) is 4.24. The lowest BCUT2D eigenvalue weighted by molar-refractivity contribution is 0.102. The number of nitrogens with zero attached hydrogens (tertiary/aromatic N) is 1. The average Bonchev–Trinajstić information content (AvgIpc) is 2.47. The first-order valence-electron chi connectivity index (χ1n) is 6.10. The number of rotatable bonds is 4. The molecule has 0 atom stereocenters. The van der Waals surface area contributed by atoms with Gasteiger partial charge in [0, 0.05) is 18.0 Å². The number of aromatic nitrogens is 1. The van der Waals surface area contributed by atoms with Crippen LogP contribution in [0.25, 0.3) is 0 Å². The first-order chi connectivity index (χ1) is 9.63. The van der Waals surface area contributed by atoms with Crippen LogP contribution in [-0.2, 0) is 0 Å². The molecule has 0 unspecified atom stereocenters. The molecule has 0 aliphatic carbocycles.